The summed E-state index contributed by atoms with van der Waals surface area (Å²) < 4.78 is 41.7. The van der Waals surface area contributed by atoms with E-state index in [0.29, 0.717) is 16.7 Å². The molecule has 44 heavy (non-hydrogen) atoms. The van der Waals surface area contributed by atoms with Gasteiger partial charge in [-0.1, -0.05) is 68.8 Å². The number of carbonyl (C=O) groups is 1. The smallest absolute Gasteiger partial charge is 0.263 e. The normalized spacial score (nSPS) is 12.9. The molecule has 2 aromatic heterocycles. The molecule has 0 saturated carbocycles. The Morgan fingerprint density at radius 1 is 0.955 bits per heavy atom. The summed E-state index contributed by atoms with van der Waals surface area (Å²) in [6.07, 6.45) is 3.83. The van der Waals surface area contributed by atoms with Crippen molar-refractivity contribution in [2.45, 2.75) is 58.0 Å². The molecule has 232 valence electrons. The number of nitrogens with one attached hydrogen (secondary N) is 1. The third-order valence-corrected chi connectivity index (χ3v) is 8.65. The van der Waals surface area contributed by atoms with E-state index in [4.69, 9.17) is 15.2 Å². The first-order chi connectivity index (χ1) is 20.7. The largest absolute Gasteiger partial charge is 0.475 e. The van der Waals surface area contributed by atoms with Crippen molar-refractivity contribution in [1.29, 1.82) is 0 Å². The summed E-state index contributed by atoms with van der Waals surface area (Å²) in [6.45, 7) is 11.7. The lowest BCUT2D eigenvalue weighted by molar-refractivity contribution is -0.136. The number of carbonyl (C=O) groups excluding carboxylic acids is 1. The van der Waals surface area contributed by atoms with Gasteiger partial charge >= 0.3 is 0 Å². The average Bonchev–Trinajstić information content (AvgIpc) is 2.97. The van der Waals surface area contributed by atoms with Crippen molar-refractivity contribution in [2.24, 2.45) is 11.1 Å². The number of hydrogen-bond acceptors (Lipinski definition) is 8. The highest BCUT2D eigenvalue weighted by Crippen LogP contribution is 2.37. The van der Waals surface area contributed by atoms with Crippen molar-refractivity contribution < 1.29 is 22.7 Å². The fraction of sp³-hybridized carbons (Fsp3) is 0.333. The molecule has 4 aromatic rings. The fourth-order valence-corrected chi connectivity index (χ4v) is 5.56. The number of aromatic nitrogens is 3. The van der Waals surface area contributed by atoms with Gasteiger partial charge in [-0.2, -0.15) is 0 Å². The fourth-order valence-electron chi connectivity index (χ4n) is 4.54. The topological polar surface area (TPSA) is 146 Å². The molecule has 0 spiro atoms. The number of rotatable bonds is 12. The van der Waals surface area contributed by atoms with E-state index in [0.717, 1.165) is 11.1 Å². The first-order valence-electron chi connectivity index (χ1n) is 14.2. The van der Waals surface area contributed by atoms with Crippen molar-refractivity contribution in [1.82, 2.24) is 15.0 Å². The predicted octanol–water partition coefficient (Wildman–Crippen LogP) is 5.59. The van der Waals surface area contributed by atoms with Crippen molar-refractivity contribution >= 4 is 21.7 Å². The number of aryl methyl sites for hydroxylation is 1. The van der Waals surface area contributed by atoms with Crippen LogP contribution < -0.4 is 15.2 Å². The number of ether oxygens (including phenoxy) is 2. The van der Waals surface area contributed by atoms with E-state index in [1.807, 2.05) is 49.4 Å². The Bertz CT molecular complexity index is 1690. The summed E-state index contributed by atoms with van der Waals surface area (Å²) in [5, 5.41) is 0. The van der Waals surface area contributed by atoms with Gasteiger partial charge in [0.05, 0.1) is 28.6 Å². The van der Waals surface area contributed by atoms with Crippen LogP contribution in [-0.2, 0) is 25.0 Å². The Kier molecular flexibility index (Phi) is 9.70. The van der Waals surface area contributed by atoms with Gasteiger partial charge in [0.25, 0.3) is 10.0 Å². The van der Waals surface area contributed by atoms with Crippen LogP contribution >= 0.6 is 0 Å². The number of sulfonamides is 1. The quantitative estimate of drug-likeness (QED) is 0.196. The second kappa shape index (κ2) is 13.1. The summed E-state index contributed by atoms with van der Waals surface area (Å²) in [5.41, 5.74) is 8.33. The summed E-state index contributed by atoms with van der Waals surface area (Å²) in [5.74, 6) is -0.280. The number of primary amides is 1. The summed E-state index contributed by atoms with van der Waals surface area (Å²) in [7, 11) is -3.99. The van der Waals surface area contributed by atoms with Gasteiger partial charge in [0.1, 0.15) is 12.9 Å². The van der Waals surface area contributed by atoms with E-state index in [-0.39, 0.29) is 35.2 Å². The van der Waals surface area contributed by atoms with Crippen LogP contribution in [0, 0.1) is 12.3 Å². The Balaban J connectivity index is 1.60. The second-order valence-electron chi connectivity index (χ2n) is 12.1. The van der Waals surface area contributed by atoms with Gasteiger partial charge in [-0.15, -0.1) is 0 Å². The van der Waals surface area contributed by atoms with Crippen LogP contribution in [0.25, 0.3) is 11.1 Å². The lowest BCUT2D eigenvalue weighted by atomic mass is 9.82. The minimum Gasteiger partial charge on any atom is -0.475 e. The standard InChI is InChI=1S/C33H39N5O5S/c1-22-9-11-23(12-10-22)27-29(38-44(40,41)26-15-13-25(14-16-26)32(2,3)4)36-21-37-30(27)43-19-18-42-28(33(5,6)31(34)39)24-8-7-17-35-20-24/h7-17,20-21,28H,18-19H2,1-6H3,(H2,34,39)(H,36,37,38). The van der Waals surface area contributed by atoms with Crippen LogP contribution in [0.15, 0.2) is 84.3 Å². The predicted molar refractivity (Wildman–Crippen MR) is 170 cm³/mol. The van der Waals surface area contributed by atoms with Crippen LogP contribution in [0.2, 0.25) is 0 Å². The summed E-state index contributed by atoms with van der Waals surface area (Å²) in [4.78, 5) is 25.1. The summed E-state index contributed by atoms with van der Waals surface area (Å²) >= 11 is 0. The van der Waals surface area contributed by atoms with Crippen molar-refractivity contribution in [3.8, 4) is 17.0 Å². The van der Waals surface area contributed by atoms with Crippen LogP contribution in [-0.4, -0.2) is 42.5 Å². The number of nitrogens with two attached hydrogens (primary N) is 1. The Labute approximate surface area is 259 Å². The molecule has 0 bridgehead atoms. The number of hydrogen-bond donors (Lipinski definition) is 2. The maximum atomic E-state index is 13.5. The van der Waals surface area contributed by atoms with Crippen molar-refractivity contribution in [3.63, 3.8) is 0 Å². The van der Waals surface area contributed by atoms with Crippen LogP contribution in [0.5, 0.6) is 5.88 Å². The first-order valence-corrected chi connectivity index (χ1v) is 15.7. The van der Waals surface area contributed by atoms with E-state index in [9.17, 15) is 13.2 Å². The molecule has 0 aliphatic rings. The number of anilines is 1. The maximum Gasteiger partial charge on any atom is 0.263 e. The number of benzene rings is 2. The second-order valence-corrected chi connectivity index (χ2v) is 13.8. The maximum absolute atomic E-state index is 13.5. The Morgan fingerprint density at radius 3 is 2.23 bits per heavy atom. The van der Waals surface area contributed by atoms with Gasteiger partial charge in [-0.25, -0.2) is 18.4 Å². The zero-order chi connectivity index (χ0) is 32.1. The minimum atomic E-state index is -3.99. The average molecular weight is 618 g/mol. The molecule has 0 saturated heterocycles. The minimum absolute atomic E-state index is 0.0436. The molecule has 11 heteroatoms. The van der Waals surface area contributed by atoms with E-state index in [1.54, 1.807) is 44.4 Å². The lowest BCUT2D eigenvalue weighted by Gasteiger charge is -2.31. The molecule has 0 radical (unpaired) electrons. The molecule has 1 unspecified atom stereocenters. The third kappa shape index (κ3) is 7.59. The van der Waals surface area contributed by atoms with E-state index < -0.39 is 27.4 Å². The highest BCUT2D eigenvalue weighted by atomic mass is 32.2. The van der Waals surface area contributed by atoms with E-state index >= 15 is 0 Å². The summed E-state index contributed by atoms with van der Waals surface area (Å²) in [6, 6.07) is 17.9. The molecule has 0 fully saturated rings. The molecule has 0 aliphatic carbocycles. The van der Waals surface area contributed by atoms with Crippen LogP contribution in [0.4, 0.5) is 5.82 Å². The van der Waals surface area contributed by atoms with E-state index in [1.165, 1.54) is 6.33 Å². The van der Waals surface area contributed by atoms with Gasteiger partial charge in [-0.3, -0.25) is 14.5 Å². The molecule has 2 heterocycles. The zero-order valence-corrected chi connectivity index (χ0v) is 26.7. The first kappa shape index (κ1) is 32.6. The Morgan fingerprint density at radius 2 is 1.64 bits per heavy atom. The highest BCUT2D eigenvalue weighted by Gasteiger charge is 2.37. The molecule has 2 aromatic carbocycles. The molecular weight excluding hydrogens is 578 g/mol. The van der Waals surface area contributed by atoms with Gasteiger partial charge in [0, 0.05) is 18.0 Å². The Hall–Kier alpha value is -4.35. The SMILES string of the molecule is Cc1ccc(-c2c(NS(=O)(=O)c3ccc(C(C)(C)C)cc3)ncnc2OCCOC(c2cccnc2)C(C)(C)C(N)=O)cc1. The molecule has 4 rings (SSSR count). The van der Waals surface area contributed by atoms with Gasteiger partial charge in [0.15, 0.2) is 5.82 Å². The molecular formula is C33H39N5O5S. The van der Waals surface area contributed by atoms with Gasteiger partial charge < -0.3 is 15.2 Å². The molecule has 10 nitrogen and oxygen atoms in total. The van der Waals surface area contributed by atoms with Gasteiger partial charge in [0.2, 0.25) is 11.8 Å². The van der Waals surface area contributed by atoms with Crippen LogP contribution in [0.1, 0.15) is 57.4 Å². The molecule has 0 aliphatic heterocycles. The number of nitrogens with zero attached hydrogens (tertiary/aromatic N) is 3. The molecule has 3 N–H and O–H groups in total. The number of amides is 1. The third-order valence-electron chi connectivity index (χ3n) is 7.30. The van der Waals surface area contributed by atoms with Crippen molar-refractivity contribution in [2.75, 3.05) is 17.9 Å². The van der Waals surface area contributed by atoms with E-state index in [2.05, 4.69) is 40.4 Å². The lowest BCUT2D eigenvalue weighted by Crippen LogP contribution is -2.38. The zero-order valence-electron chi connectivity index (χ0n) is 25.9. The van der Waals surface area contributed by atoms with Crippen molar-refractivity contribution in [3.05, 3.63) is 96.1 Å². The van der Waals surface area contributed by atoms with Crippen LogP contribution in [0.3, 0.4) is 0 Å². The molecule has 1 amide bonds. The highest BCUT2D eigenvalue weighted by molar-refractivity contribution is 7.92. The monoisotopic (exact) mass is 617 g/mol. The number of pyridine rings is 1. The van der Waals surface area contributed by atoms with Gasteiger partial charge in [-0.05, 0) is 55.5 Å². The molecule has 1 atom stereocenters.